The summed E-state index contributed by atoms with van der Waals surface area (Å²) in [5, 5.41) is 14.9. The van der Waals surface area contributed by atoms with Crippen LogP contribution in [0.25, 0.3) is 0 Å². The number of carboxylic acids is 1. The molecule has 0 radical (unpaired) electrons. The highest BCUT2D eigenvalue weighted by molar-refractivity contribution is 5.92. The summed E-state index contributed by atoms with van der Waals surface area (Å²) >= 11 is 0. The van der Waals surface area contributed by atoms with Gasteiger partial charge in [0.05, 0.1) is 0 Å². The van der Waals surface area contributed by atoms with Crippen LogP contribution in [0.5, 0.6) is 0 Å². The molecular weight excluding hydrogens is 344 g/mol. The van der Waals surface area contributed by atoms with Crippen LogP contribution in [0.3, 0.4) is 0 Å². The maximum Gasteiger partial charge on any atom is 0.326 e. The monoisotopic (exact) mass is 378 g/mol. The Morgan fingerprint density at radius 3 is 1.93 bits per heavy atom. The van der Waals surface area contributed by atoms with Crippen molar-refractivity contribution >= 4 is 17.8 Å². The lowest BCUT2D eigenvalue weighted by Gasteiger charge is -2.55. The van der Waals surface area contributed by atoms with Crippen LogP contribution < -0.4 is 10.6 Å². The van der Waals surface area contributed by atoms with Crippen LogP contribution >= 0.6 is 0 Å². The summed E-state index contributed by atoms with van der Waals surface area (Å²) in [7, 11) is 0. The smallest absolute Gasteiger partial charge is 0.326 e. The molecule has 6 nitrogen and oxygen atoms in total. The van der Waals surface area contributed by atoms with Crippen LogP contribution in [0.2, 0.25) is 0 Å². The summed E-state index contributed by atoms with van der Waals surface area (Å²) in [5.41, 5.74) is -0.308. The number of rotatable bonds is 8. The van der Waals surface area contributed by atoms with E-state index in [4.69, 9.17) is 0 Å². The molecule has 152 valence electrons. The van der Waals surface area contributed by atoms with Gasteiger partial charge in [0.1, 0.15) is 12.1 Å². The second-order valence-electron chi connectivity index (χ2n) is 9.58. The van der Waals surface area contributed by atoms with Crippen LogP contribution in [0.15, 0.2) is 0 Å². The predicted octanol–water partition coefficient (Wildman–Crippen LogP) is 2.71. The molecular formula is C21H34N2O4. The number of carbonyl (C=O) groups is 3. The van der Waals surface area contributed by atoms with Crippen LogP contribution in [-0.4, -0.2) is 35.0 Å². The van der Waals surface area contributed by atoms with E-state index in [0.29, 0.717) is 30.6 Å². The molecule has 27 heavy (non-hydrogen) atoms. The maximum atomic E-state index is 13.3. The lowest BCUT2D eigenvalue weighted by molar-refractivity contribution is -0.149. The second kappa shape index (κ2) is 7.80. The summed E-state index contributed by atoms with van der Waals surface area (Å²) in [6.07, 6.45) is 7.69. The summed E-state index contributed by atoms with van der Waals surface area (Å²) in [4.78, 5) is 37.4. The van der Waals surface area contributed by atoms with E-state index < -0.39 is 18.1 Å². The van der Waals surface area contributed by atoms with Gasteiger partial charge in [0, 0.05) is 5.41 Å². The van der Waals surface area contributed by atoms with Crippen LogP contribution in [0, 0.1) is 29.1 Å². The number of carboxylic acid groups (broad SMARTS) is 1. The van der Waals surface area contributed by atoms with Gasteiger partial charge in [0.25, 0.3) is 0 Å². The van der Waals surface area contributed by atoms with Crippen molar-refractivity contribution in [1.29, 1.82) is 0 Å². The molecule has 2 amide bonds. The zero-order chi connectivity index (χ0) is 19.8. The molecule has 4 aliphatic carbocycles. The van der Waals surface area contributed by atoms with Crippen LogP contribution in [0.1, 0.15) is 72.1 Å². The van der Waals surface area contributed by atoms with Crippen LogP contribution in [0.4, 0.5) is 0 Å². The third-order valence-corrected chi connectivity index (χ3v) is 6.95. The van der Waals surface area contributed by atoms with E-state index in [1.165, 1.54) is 19.3 Å². The molecule has 0 heterocycles. The zero-order valence-electron chi connectivity index (χ0n) is 16.8. The Labute approximate surface area is 161 Å². The molecule has 6 heteroatoms. The fourth-order valence-corrected chi connectivity index (χ4v) is 6.03. The summed E-state index contributed by atoms with van der Waals surface area (Å²) in [5.74, 6) is 0.485. The molecule has 2 unspecified atom stereocenters. The van der Waals surface area contributed by atoms with Crippen LogP contribution in [-0.2, 0) is 14.4 Å². The van der Waals surface area contributed by atoms with Crippen molar-refractivity contribution < 1.29 is 19.5 Å². The Bertz CT molecular complexity index is 566. The predicted molar refractivity (Wildman–Crippen MR) is 102 cm³/mol. The molecule has 0 aromatic heterocycles. The zero-order valence-corrected chi connectivity index (χ0v) is 16.8. The van der Waals surface area contributed by atoms with E-state index in [1.807, 2.05) is 20.8 Å². The molecule has 0 aromatic carbocycles. The first-order chi connectivity index (χ1) is 12.7. The van der Waals surface area contributed by atoms with Crippen molar-refractivity contribution in [3.8, 4) is 0 Å². The minimum absolute atomic E-state index is 0.0119. The van der Waals surface area contributed by atoms with E-state index in [1.54, 1.807) is 0 Å². The van der Waals surface area contributed by atoms with E-state index in [-0.39, 0.29) is 23.1 Å². The van der Waals surface area contributed by atoms with E-state index in [2.05, 4.69) is 10.6 Å². The Kier molecular flexibility index (Phi) is 5.82. The highest BCUT2D eigenvalue weighted by atomic mass is 16.4. The Hall–Kier alpha value is -1.59. The van der Waals surface area contributed by atoms with Gasteiger partial charge in [-0.05, 0) is 68.6 Å². The molecule has 4 aliphatic rings. The standard InChI is InChI=1S/C21H34N2O4/c1-4-5-16(19(25)26)22-18(24)17(12(2)3)23-20(27)21-9-13-6-14(10-21)8-15(7-13)11-21/h12-17H,4-11H2,1-3H3,(H,22,24)(H,23,27)(H,25,26). The van der Waals surface area contributed by atoms with Gasteiger partial charge in [-0.3, -0.25) is 9.59 Å². The SMILES string of the molecule is CCCC(NC(=O)C(NC(=O)C12CC3CC(CC(C3)C1)C2)C(C)C)C(=O)O. The van der Waals surface area contributed by atoms with Crippen molar-refractivity contribution in [3.63, 3.8) is 0 Å². The van der Waals surface area contributed by atoms with Gasteiger partial charge in [-0.2, -0.15) is 0 Å². The lowest BCUT2D eigenvalue weighted by atomic mass is 9.49. The third kappa shape index (κ3) is 4.14. The highest BCUT2D eigenvalue weighted by Crippen LogP contribution is 2.60. The fraction of sp³-hybridized carbons (Fsp3) is 0.857. The largest absolute Gasteiger partial charge is 0.480 e. The van der Waals surface area contributed by atoms with Gasteiger partial charge in [0.15, 0.2) is 0 Å². The first-order valence-electron chi connectivity index (χ1n) is 10.6. The normalized spacial score (nSPS) is 33.6. The number of amides is 2. The van der Waals surface area contributed by atoms with Crippen molar-refractivity contribution in [2.45, 2.75) is 84.2 Å². The van der Waals surface area contributed by atoms with E-state index >= 15 is 0 Å². The first-order valence-corrected chi connectivity index (χ1v) is 10.6. The molecule has 2 atom stereocenters. The minimum atomic E-state index is -1.03. The quantitative estimate of drug-likeness (QED) is 0.605. The third-order valence-electron chi connectivity index (χ3n) is 6.95. The Morgan fingerprint density at radius 1 is 1.00 bits per heavy atom. The first kappa shape index (κ1) is 20.2. The summed E-state index contributed by atoms with van der Waals surface area (Å²) < 4.78 is 0. The molecule has 3 N–H and O–H groups in total. The molecule has 0 spiro atoms. The van der Waals surface area contributed by atoms with Crippen molar-refractivity contribution in [3.05, 3.63) is 0 Å². The number of aliphatic carboxylic acids is 1. The molecule has 4 bridgehead atoms. The number of hydrogen-bond donors (Lipinski definition) is 3. The summed E-state index contributed by atoms with van der Waals surface area (Å²) in [6.45, 7) is 5.66. The highest BCUT2D eigenvalue weighted by Gasteiger charge is 2.55. The molecule has 4 rings (SSSR count). The van der Waals surface area contributed by atoms with Crippen molar-refractivity contribution in [2.75, 3.05) is 0 Å². The number of nitrogens with one attached hydrogen (secondary N) is 2. The van der Waals surface area contributed by atoms with Crippen molar-refractivity contribution in [1.82, 2.24) is 10.6 Å². The molecule has 4 fully saturated rings. The lowest BCUT2D eigenvalue weighted by Crippen LogP contribution is -2.59. The van der Waals surface area contributed by atoms with E-state index in [9.17, 15) is 19.5 Å². The van der Waals surface area contributed by atoms with Gasteiger partial charge < -0.3 is 15.7 Å². The van der Waals surface area contributed by atoms with Gasteiger partial charge >= 0.3 is 5.97 Å². The average Bonchev–Trinajstić information content (AvgIpc) is 2.57. The minimum Gasteiger partial charge on any atom is -0.480 e. The Balaban J connectivity index is 1.68. The second-order valence-corrected chi connectivity index (χ2v) is 9.58. The molecule has 0 saturated heterocycles. The summed E-state index contributed by atoms with van der Waals surface area (Å²) in [6, 6.07) is -1.59. The van der Waals surface area contributed by atoms with E-state index in [0.717, 1.165) is 19.3 Å². The average molecular weight is 379 g/mol. The molecule has 4 saturated carbocycles. The van der Waals surface area contributed by atoms with Crippen molar-refractivity contribution in [2.24, 2.45) is 29.1 Å². The topological polar surface area (TPSA) is 95.5 Å². The fourth-order valence-electron chi connectivity index (χ4n) is 6.03. The maximum absolute atomic E-state index is 13.3. The van der Waals surface area contributed by atoms with Gasteiger partial charge in [-0.1, -0.05) is 27.2 Å². The van der Waals surface area contributed by atoms with Gasteiger partial charge in [-0.15, -0.1) is 0 Å². The number of carbonyl (C=O) groups excluding carboxylic acids is 2. The number of hydrogen-bond acceptors (Lipinski definition) is 3. The Morgan fingerprint density at radius 2 is 1.52 bits per heavy atom. The molecule has 0 aromatic rings. The van der Waals surface area contributed by atoms with Gasteiger partial charge in [0.2, 0.25) is 11.8 Å². The van der Waals surface area contributed by atoms with Gasteiger partial charge in [-0.25, -0.2) is 4.79 Å². The molecule has 0 aliphatic heterocycles.